The number of aromatic nitrogens is 4. The minimum Gasteiger partial charge on any atom is -0.390 e. The number of hydrogen-bond donors (Lipinski definition) is 1. The normalized spacial score (nSPS) is 17.6. The van der Waals surface area contributed by atoms with Gasteiger partial charge >= 0.3 is 0 Å². The molecule has 1 N–H and O–H groups in total. The number of likely N-dealkylation sites (tertiary alicyclic amines) is 1. The molecular formula is C17H24N6O2. The summed E-state index contributed by atoms with van der Waals surface area (Å²) < 4.78 is 1.48. The summed E-state index contributed by atoms with van der Waals surface area (Å²) >= 11 is 0. The molecule has 0 radical (unpaired) electrons. The maximum absolute atomic E-state index is 12.6. The Kier molecular flexibility index (Phi) is 5.28. The van der Waals surface area contributed by atoms with Crippen molar-refractivity contribution in [3.05, 3.63) is 35.8 Å². The minimum absolute atomic E-state index is 0.0287. The summed E-state index contributed by atoms with van der Waals surface area (Å²) in [5.74, 6) is 1.28. The molecule has 0 aliphatic carbocycles. The van der Waals surface area contributed by atoms with Crippen LogP contribution in [-0.4, -0.2) is 63.1 Å². The van der Waals surface area contributed by atoms with E-state index in [1.54, 1.807) is 6.20 Å². The molecule has 3 rings (SSSR count). The van der Waals surface area contributed by atoms with Gasteiger partial charge in [0, 0.05) is 39.3 Å². The highest BCUT2D eigenvalue weighted by Crippen LogP contribution is 2.28. The molecule has 1 fully saturated rings. The molecule has 1 saturated heterocycles. The molecule has 2 aromatic rings. The maximum Gasteiger partial charge on any atom is 0.244 e. The van der Waals surface area contributed by atoms with E-state index in [9.17, 15) is 4.79 Å². The zero-order valence-corrected chi connectivity index (χ0v) is 14.7. The molecule has 134 valence electrons. The number of carbonyl (C=O) groups is 1. The summed E-state index contributed by atoms with van der Waals surface area (Å²) in [7, 11) is 3.95. The second-order valence-corrected chi connectivity index (χ2v) is 6.59. The van der Waals surface area contributed by atoms with Gasteiger partial charge in [0.2, 0.25) is 5.91 Å². The third-order valence-electron chi connectivity index (χ3n) is 4.52. The average Bonchev–Trinajstić information content (AvgIpc) is 3.09. The molecule has 8 heteroatoms. The SMILES string of the molecule is CN(C)c1cc([C@H]2CCCN(C(=O)Cn3cc(CO)nn3)C2)ccn1. The van der Waals surface area contributed by atoms with Crippen LogP contribution >= 0.6 is 0 Å². The van der Waals surface area contributed by atoms with E-state index in [0.29, 0.717) is 18.2 Å². The molecule has 0 bridgehead atoms. The van der Waals surface area contributed by atoms with Crippen LogP contribution in [0.2, 0.25) is 0 Å². The van der Waals surface area contributed by atoms with Gasteiger partial charge in [0.1, 0.15) is 18.1 Å². The second-order valence-electron chi connectivity index (χ2n) is 6.59. The van der Waals surface area contributed by atoms with Crippen molar-refractivity contribution in [3.8, 4) is 0 Å². The quantitative estimate of drug-likeness (QED) is 0.856. The van der Waals surface area contributed by atoms with Crippen LogP contribution in [-0.2, 0) is 17.9 Å². The Balaban J connectivity index is 1.66. The predicted octanol–water partition coefficient (Wildman–Crippen LogP) is 0.638. The first kappa shape index (κ1) is 17.3. The second kappa shape index (κ2) is 7.60. The third-order valence-corrected chi connectivity index (χ3v) is 4.52. The van der Waals surface area contributed by atoms with Crippen molar-refractivity contribution in [1.29, 1.82) is 0 Å². The summed E-state index contributed by atoms with van der Waals surface area (Å²) in [5, 5.41) is 16.7. The number of carbonyl (C=O) groups excluding carboxylic acids is 1. The average molecular weight is 344 g/mol. The fourth-order valence-corrected chi connectivity index (χ4v) is 3.14. The summed E-state index contributed by atoms with van der Waals surface area (Å²) in [6.07, 6.45) is 5.48. The number of aliphatic hydroxyl groups is 1. The highest BCUT2D eigenvalue weighted by molar-refractivity contribution is 5.76. The van der Waals surface area contributed by atoms with E-state index in [1.807, 2.05) is 36.2 Å². The Morgan fingerprint density at radius 3 is 3.00 bits per heavy atom. The molecule has 2 aromatic heterocycles. The van der Waals surface area contributed by atoms with Gasteiger partial charge in [-0.1, -0.05) is 5.21 Å². The summed E-state index contributed by atoms with van der Waals surface area (Å²) in [5.41, 5.74) is 1.69. The molecule has 0 unspecified atom stereocenters. The fourth-order valence-electron chi connectivity index (χ4n) is 3.14. The van der Waals surface area contributed by atoms with Gasteiger partial charge in [-0.05, 0) is 30.5 Å². The number of anilines is 1. The van der Waals surface area contributed by atoms with E-state index in [1.165, 1.54) is 10.2 Å². The minimum atomic E-state index is -0.170. The van der Waals surface area contributed by atoms with Crippen LogP contribution in [0.3, 0.4) is 0 Å². The zero-order chi connectivity index (χ0) is 17.8. The Morgan fingerprint density at radius 1 is 1.44 bits per heavy atom. The van der Waals surface area contributed by atoms with Crippen LogP contribution in [0.5, 0.6) is 0 Å². The van der Waals surface area contributed by atoms with Crippen molar-refractivity contribution in [3.63, 3.8) is 0 Å². The number of aliphatic hydroxyl groups excluding tert-OH is 1. The summed E-state index contributed by atoms with van der Waals surface area (Å²) in [6, 6.07) is 4.14. The van der Waals surface area contributed by atoms with Crippen LogP contribution in [0, 0.1) is 0 Å². The highest BCUT2D eigenvalue weighted by Gasteiger charge is 2.25. The first-order valence-electron chi connectivity index (χ1n) is 8.47. The van der Waals surface area contributed by atoms with Crippen LogP contribution in [0.25, 0.3) is 0 Å². The number of amides is 1. The molecule has 1 aliphatic rings. The van der Waals surface area contributed by atoms with Crippen molar-refractivity contribution >= 4 is 11.7 Å². The smallest absolute Gasteiger partial charge is 0.244 e. The lowest BCUT2D eigenvalue weighted by molar-refractivity contribution is -0.133. The number of rotatable bonds is 5. The molecular weight excluding hydrogens is 320 g/mol. The number of piperidine rings is 1. The van der Waals surface area contributed by atoms with Crippen LogP contribution in [0.1, 0.15) is 30.0 Å². The molecule has 0 saturated carbocycles. The van der Waals surface area contributed by atoms with Gasteiger partial charge < -0.3 is 14.9 Å². The number of nitrogens with zero attached hydrogens (tertiary/aromatic N) is 6. The summed E-state index contributed by atoms with van der Waals surface area (Å²) in [4.78, 5) is 20.8. The topological polar surface area (TPSA) is 87.4 Å². The van der Waals surface area contributed by atoms with Gasteiger partial charge in [-0.15, -0.1) is 5.10 Å². The van der Waals surface area contributed by atoms with Crippen molar-refractivity contribution in [2.75, 3.05) is 32.1 Å². The zero-order valence-electron chi connectivity index (χ0n) is 14.7. The number of hydrogen-bond acceptors (Lipinski definition) is 6. The Morgan fingerprint density at radius 2 is 2.28 bits per heavy atom. The molecule has 0 aromatic carbocycles. The third kappa shape index (κ3) is 4.14. The van der Waals surface area contributed by atoms with Gasteiger partial charge in [0.15, 0.2) is 0 Å². The van der Waals surface area contributed by atoms with Crippen molar-refractivity contribution < 1.29 is 9.90 Å². The molecule has 0 spiro atoms. The Labute approximate surface area is 147 Å². The van der Waals surface area contributed by atoms with Gasteiger partial charge in [-0.2, -0.15) is 0 Å². The van der Waals surface area contributed by atoms with E-state index in [-0.39, 0.29) is 19.1 Å². The van der Waals surface area contributed by atoms with Crippen LogP contribution < -0.4 is 4.90 Å². The molecule has 25 heavy (non-hydrogen) atoms. The Hall–Kier alpha value is -2.48. The maximum atomic E-state index is 12.6. The molecule has 1 aliphatic heterocycles. The highest BCUT2D eigenvalue weighted by atomic mass is 16.3. The van der Waals surface area contributed by atoms with Crippen LogP contribution in [0.15, 0.2) is 24.5 Å². The van der Waals surface area contributed by atoms with E-state index in [0.717, 1.165) is 25.2 Å². The number of pyridine rings is 1. The van der Waals surface area contributed by atoms with E-state index in [4.69, 9.17) is 5.11 Å². The first-order chi connectivity index (χ1) is 12.1. The lowest BCUT2D eigenvalue weighted by Gasteiger charge is -2.33. The molecule has 8 nitrogen and oxygen atoms in total. The molecule has 3 heterocycles. The van der Waals surface area contributed by atoms with Crippen molar-refractivity contribution in [1.82, 2.24) is 24.9 Å². The lowest BCUT2D eigenvalue weighted by atomic mass is 9.91. The Bertz CT molecular complexity index is 729. The fraction of sp³-hybridized carbons (Fsp3) is 0.529. The van der Waals surface area contributed by atoms with E-state index >= 15 is 0 Å². The monoisotopic (exact) mass is 344 g/mol. The van der Waals surface area contributed by atoms with Gasteiger partial charge in [-0.25, -0.2) is 9.67 Å². The first-order valence-corrected chi connectivity index (χ1v) is 8.47. The van der Waals surface area contributed by atoms with Gasteiger partial charge in [-0.3, -0.25) is 4.79 Å². The van der Waals surface area contributed by atoms with Crippen molar-refractivity contribution in [2.45, 2.75) is 31.9 Å². The van der Waals surface area contributed by atoms with Crippen LogP contribution in [0.4, 0.5) is 5.82 Å². The standard InChI is InChI=1S/C17H24N6O2/c1-21(2)16-8-13(5-6-18-16)14-4-3-7-22(9-14)17(25)11-23-10-15(12-24)19-20-23/h5-6,8,10,14,24H,3-4,7,9,11-12H2,1-2H3/t14-/m0/s1. The van der Waals surface area contributed by atoms with Gasteiger partial charge in [0.05, 0.1) is 12.8 Å². The molecule has 1 atom stereocenters. The van der Waals surface area contributed by atoms with Gasteiger partial charge in [0.25, 0.3) is 0 Å². The van der Waals surface area contributed by atoms with E-state index < -0.39 is 0 Å². The van der Waals surface area contributed by atoms with E-state index in [2.05, 4.69) is 21.4 Å². The predicted molar refractivity (Wildman–Crippen MR) is 93.1 cm³/mol. The lowest BCUT2D eigenvalue weighted by Crippen LogP contribution is -2.41. The largest absolute Gasteiger partial charge is 0.390 e. The van der Waals surface area contributed by atoms with Crippen molar-refractivity contribution in [2.24, 2.45) is 0 Å². The summed E-state index contributed by atoms with van der Waals surface area (Å²) in [6.45, 7) is 1.45. The molecule has 1 amide bonds.